The minimum Gasteiger partial charge on any atom is -0.351 e. The van der Waals surface area contributed by atoms with Crippen LogP contribution in [0.1, 0.15) is 32.6 Å². The van der Waals surface area contributed by atoms with Crippen molar-refractivity contribution in [3.63, 3.8) is 0 Å². The number of amides is 1. The molecule has 0 saturated carbocycles. The molecule has 1 amide bonds. The number of sulfonamides is 1. The zero-order valence-corrected chi connectivity index (χ0v) is 23.2. The van der Waals surface area contributed by atoms with Gasteiger partial charge in [0.15, 0.2) is 0 Å². The van der Waals surface area contributed by atoms with Crippen molar-refractivity contribution in [2.75, 3.05) is 38.5 Å². The van der Waals surface area contributed by atoms with Gasteiger partial charge in [0.2, 0.25) is 10.0 Å². The quantitative estimate of drug-likeness (QED) is 0.387. The monoisotopic (exact) mass is 537 g/mol. The first-order chi connectivity index (χ1) is 17.8. The Morgan fingerprint density at radius 1 is 0.811 bits per heavy atom. The molecule has 1 aliphatic rings. The Balaban J connectivity index is 1.18. The van der Waals surface area contributed by atoms with Crippen LogP contribution in [-0.4, -0.2) is 62.0 Å². The molecule has 0 unspecified atom stereocenters. The second-order valence-corrected chi connectivity index (χ2v) is 12.5. The Kier molecular flexibility index (Phi) is 9.43. The molecule has 6 nitrogen and oxygen atoms in total. The van der Waals surface area contributed by atoms with Crippen LogP contribution in [0.3, 0.4) is 0 Å². The van der Waals surface area contributed by atoms with Gasteiger partial charge in [0, 0.05) is 56.3 Å². The van der Waals surface area contributed by atoms with Gasteiger partial charge in [-0.05, 0) is 49.2 Å². The average Bonchev–Trinajstić information content (AvgIpc) is 2.90. The predicted octanol–water partition coefficient (Wildman–Crippen LogP) is 4.47. The fourth-order valence-corrected chi connectivity index (χ4v) is 6.46. The minimum atomic E-state index is -3.46. The molecule has 0 spiro atoms. The number of benzene rings is 3. The van der Waals surface area contributed by atoms with Crippen LogP contribution >= 0.6 is 11.8 Å². The van der Waals surface area contributed by atoms with E-state index in [0.717, 1.165) is 29.2 Å². The number of thioether (sulfide) groups is 1. The smallest absolute Gasteiger partial charge is 0.251 e. The maximum atomic E-state index is 12.9. The van der Waals surface area contributed by atoms with Crippen molar-refractivity contribution in [3.8, 4) is 0 Å². The van der Waals surface area contributed by atoms with E-state index in [0.29, 0.717) is 43.2 Å². The van der Waals surface area contributed by atoms with Gasteiger partial charge in [0.05, 0.1) is 4.90 Å². The minimum absolute atomic E-state index is 0.0580. The molecule has 1 saturated heterocycles. The molecule has 0 bridgehead atoms. The van der Waals surface area contributed by atoms with Gasteiger partial charge in [-0.2, -0.15) is 16.1 Å². The number of rotatable bonds is 10. The number of nitrogens with one attached hydrogen (secondary N) is 1. The summed E-state index contributed by atoms with van der Waals surface area (Å²) in [5.74, 6) is 1.75. The molecule has 0 aromatic heterocycles. The maximum absolute atomic E-state index is 12.9. The standard InChI is InChI=1S/C29H35N3O3S2/c1-23-3-7-26(8-4-23)22-36-20-15-30-29(33)27-11-9-25(10-12-27)21-31-16-18-32(19-17-31)37(34,35)28-13-5-24(2)6-14-28/h3-14H,15-22H2,1-2H3,(H,30,33). The number of hydrogen-bond acceptors (Lipinski definition) is 5. The van der Waals surface area contributed by atoms with Crippen molar-refractivity contribution in [3.05, 3.63) is 101 Å². The van der Waals surface area contributed by atoms with Gasteiger partial charge in [0.25, 0.3) is 5.91 Å². The van der Waals surface area contributed by atoms with Crippen molar-refractivity contribution in [1.29, 1.82) is 0 Å². The molecule has 1 N–H and O–H groups in total. The van der Waals surface area contributed by atoms with E-state index in [4.69, 9.17) is 0 Å². The SMILES string of the molecule is Cc1ccc(CSCCNC(=O)c2ccc(CN3CCN(S(=O)(=O)c4ccc(C)cc4)CC3)cc2)cc1. The highest BCUT2D eigenvalue weighted by Gasteiger charge is 2.28. The molecule has 196 valence electrons. The highest BCUT2D eigenvalue weighted by molar-refractivity contribution is 7.98. The Hall–Kier alpha value is -2.65. The predicted molar refractivity (Wildman–Crippen MR) is 151 cm³/mol. The van der Waals surface area contributed by atoms with E-state index in [2.05, 4.69) is 41.4 Å². The Morgan fingerprint density at radius 3 is 2.00 bits per heavy atom. The van der Waals surface area contributed by atoms with E-state index in [9.17, 15) is 13.2 Å². The first kappa shape index (κ1) is 27.4. The van der Waals surface area contributed by atoms with E-state index < -0.39 is 10.0 Å². The summed E-state index contributed by atoms with van der Waals surface area (Å²) in [6.07, 6.45) is 0. The van der Waals surface area contributed by atoms with Crippen molar-refractivity contribution < 1.29 is 13.2 Å². The molecule has 1 aliphatic heterocycles. The van der Waals surface area contributed by atoms with Crippen LogP contribution in [0.15, 0.2) is 77.7 Å². The van der Waals surface area contributed by atoms with Crippen LogP contribution in [-0.2, 0) is 22.3 Å². The van der Waals surface area contributed by atoms with Crippen LogP contribution in [0.2, 0.25) is 0 Å². The van der Waals surface area contributed by atoms with Crippen LogP contribution in [0.4, 0.5) is 0 Å². The molecule has 8 heteroatoms. The largest absolute Gasteiger partial charge is 0.351 e. The van der Waals surface area contributed by atoms with Crippen molar-refractivity contribution in [2.24, 2.45) is 0 Å². The second kappa shape index (κ2) is 12.7. The van der Waals surface area contributed by atoms with Crippen molar-refractivity contribution in [1.82, 2.24) is 14.5 Å². The maximum Gasteiger partial charge on any atom is 0.251 e. The molecule has 4 rings (SSSR count). The molecule has 3 aromatic rings. The summed E-state index contributed by atoms with van der Waals surface area (Å²) in [5.41, 5.74) is 5.37. The summed E-state index contributed by atoms with van der Waals surface area (Å²) in [6, 6.07) is 23.3. The first-order valence-electron chi connectivity index (χ1n) is 12.6. The van der Waals surface area contributed by atoms with E-state index in [-0.39, 0.29) is 5.91 Å². The summed E-state index contributed by atoms with van der Waals surface area (Å²) in [6.45, 7) is 7.69. The number of piperazine rings is 1. The number of hydrogen-bond donors (Lipinski definition) is 1. The van der Waals surface area contributed by atoms with Crippen LogP contribution in [0.5, 0.6) is 0 Å². The zero-order valence-electron chi connectivity index (χ0n) is 21.5. The summed E-state index contributed by atoms with van der Waals surface area (Å²) in [4.78, 5) is 15.1. The van der Waals surface area contributed by atoms with E-state index >= 15 is 0 Å². The fraction of sp³-hybridized carbons (Fsp3) is 0.345. The van der Waals surface area contributed by atoms with Gasteiger partial charge in [-0.3, -0.25) is 9.69 Å². The highest BCUT2D eigenvalue weighted by atomic mass is 32.2. The lowest BCUT2D eigenvalue weighted by molar-refractivity contribution is 0.0956. The number of aryl methyl sites for hydroxylation is 2. The van der Waals surface area contributed by atoms with Crippen LogP contribution < -0.4 is 5.32 Å². The Morgan fingerprint density at radius 2 is 1.38 bits per heavy atom. The highest BCUT2D eigenvalue weighted by Crippen LogP contribution is 2.19. The van der Waals surface area contributed by atoms with Gasteiger partial charge in [0.1, 0.15) is 0 Å². The van der Waals surface area contributed by atoms with Crippen LogP contribution in [0.25, 0.3) is 0 Å². The third kappa shape index (κ3) is 7.68. The van der Waals surface area contributed by atoms with Gasteiger partial charge < -0.3 is 5.32 Å². The summed E-state index contributed by atoms with van der Waals surface area (Å²) >= 11 is 1.81. The fourth-order valence-electron chi connectivity index (χ4n) is 4.22. The Labute approximate surface area is 225 Å². The van der Waals surface area contributed by atoms with E-state index in [1.165, 1.54) is 11.1 Å². The number of nitrogens with zero attached hydrogens (tertiary/aromatic N) is 2. The average molecular weight is 538 g/mol. The molecule has 0 aliphatic carbocycles. The molecule has 1 fully saturated rings. The van der Waals surface area contributed by atoms with Crippen molar-refractivity contribution in [2.45, 2.75) is 31.0 Å². The first-order valence-corrected chi connectivity index (χ1v) is 15.2. The lowest BCUT2D eigenvalue weighted by atomic mass is 10.1. The van der Waals surface area contributed by atoms with Gasteiger partial charge in [-0.1, -0.05) is 59.7 Å². The molecule has 3 aromatic carbocycles. The Bertz CT molecular complexity index is 1270. The van der Waals surface area contributed by atoms with Gasteiger partial charge in [-0.25, -0.2) is 8.42 Å². The third-order valence-corrected chi connectivity index (χ3v) is 9.48. The summed E-state index contributed by atoms with van der Waals surface area (Å²) < 4.78 is 27.4. The summed E-state index contributed by atoms with van der Waals surface area (Å²) in [5, 5.41) is 3.00. The summed E-state index contributed by atoms with van der Waals surface area (Å²) in [7, 11) is -3.46. The molecule has 0 atom stereocenters. The topological polar surface area (TPSA) is 69.7 Å². The van der Waals surface area contributed by atoms with Gasteiger partial charge in [-0.15, -0.1) is 0 Å². The zero-order chi connectivity index (χ0) is 26.3. The molecule has 37 heavy (non-hydrogen) atoms. The molecule has 0 radical (unpaired) electrons. The second-order valence-electron chi connectivity index (χ2n) is 9.48. The lowest BCUT2D eigenvalue weighted by Gasteiger charge is -2.34. The van der Waals surface area contributed by atoms with Crippen LogP contribution in [0, 0.1) is 13.8 Å². The normalized spacial score (nSPS) is 15.0. The van der Waals surface area contributed by atoms with Crippen molar-refractivity contribution >= 4 is 27.7 Å². The molecular weight excluding hydrogens is 502 g/mol. The number of carbonyl (C=O) groups is 1. The third-order valence-electron chi connectivity index (χ3n) is 6.53. The van der Waals surface area contributed by atoms with E-state index in [1.807, 2.05) is 55.1 Å². The molecule has 1 heterocycles. The lowest BCUT2D eigenvalue weighted by Crippen LogP contribution is -2.48. The molecular formula is C29H35N3O3S2. The number of carbonyl (C=O) groups excluding carboxylic acids is 1. The van der Waals surface area contributed by atoms with E-state index in [1.54, 1.807) is 16.4 Å². The van der Waals surface area contributed by atoms with Gasteiger partial charge >= 0.3 is 0 Å².